The largest absolute Gasteiger partial charge is 0.397 e. The maximum atomic E-state index is 12.9. The van der Waals surface area contributed by atoms with Crippen LogP contribution in [0.5, 0.6) is 0 Å². The molecular weight excluding hydrogens is 362 g/mol. The number of amides is 1. The predicted molar refractivity (Wildman–Crippen MR) is 115 cm³/mol. The van der Waals surface area contributed by atoms with Crippen LogP contribution >= 0.6 is 0 Å². The standard InChI is InChI=1S/C24H29N3O2/c1-16-10-20-14-27(15-21-4-3-9-29-21)24(28)22(20)12-19(16)11-17-5-7-18(8-6-17)23(25)13-26-2/h5-8,10,12-13,21,26H,3-4,9,11,14-15,25H2,1-2H3/b23-13-. The number of benzene rings is 2. The fraction of sp³-hybridized carbons (Fsp3) is 0.375. The van der Waals surface area contributed by atoms with Crippen LogP contribution in [0.25, 0.3) is 5.70 Å². The highest BCUT2D eigenvalue weighted by Gasteiger charge is 2.31. The van der Waals surface area contributed by atoms with Crippen LogP contribution < -0.4 is 11.1 Å². The molecule has 29 heavy (non-hydrogen) atoms. The van der Waals surface area contributed by atoms with Gasteiger partial charge in [-0.05, 0) is 60.1 Å². The number of rotatable bonds is 6. The molecule has 1 amide bonds. The SMILES string of the molecule is CN/C=C(\N)c1ccc(Cc2cc3c(cc2C)CN(CC2CCCO2)C3=O)cc1. The number of carbonyl (C=O) groups excluding carboxylic acids is 1. The highest BCUT2D eigenvalue weighted by molar-refractivity contribution is 5.98. The van der Waals surface area contributed by atoms with E-state index >= 15 is 0 Å². The van der Waals surface area contributed by atoms with Crippen molar-refractivity contribution in [3.05, 3.63) is 76.0 Å². The summed E-state index contributed by atoms with van der Waals surface area (Å²) in [6.45, 7) is 4.34. The summed E-state index contributed by atoms with van der Waals surface area (Å²) in [6, 6.07) is 12.5. The first-order chi connectivity index (χ1) is 14.0. The molecule has 0 spiro atoms. The number of hydrogen-bond donors (Lipinski definition) is 2. The fourth-order valence-corrected chi connectivity index (χ4v) is 4.24. The number of nitrogens with one attached hydrogen (secondary N) is 1. The quantitative estimate of drug-likeness (QED) is 0.794. The average molecular weight is 392 g/mol. The van der Waals surface area contributed by atoms with Gasteiger partial charge in [0, 0.05) is 38.5 Å². The van der Waals surface area contributed by atoms with Gasteiger partial charge in [-0.3, -0.25) is 4.79 Å². The molecule has 1 saturated heterocycles. The number of hydrogen-bond acceptors (Lipinski definition) is 4. The first kappa shape index (κ1) is 19.5. The minimum absolute atomic E-state index is 0.136. The molecule has 1 fully saturated rings. The maximum absolute atomic E-state index is 12.9. The van der Waals surface area contributed by atoms with Crippen LogP contribution in [-0.2, 0) is 17.7 Å². The molecule has 2 aliphatic rings. The second kappa shape index (κ2) is 8.29. The molecule has 0 aliphatic carbocycles. The lowest BCUT2D eigenvalue weighted by Gasteiger charge is -2.19. The average Bonchev–Trinajstić information content (AvgIpc) is 3.32. The van der Waals surface area contributed by atoms with Crippen molar-refractivity contribution in [1.82, 2.24) is 10.2 Å². The molecule has 152 valence electrons. The van der Waals surface area contributed by atoms with Gasteiger partial charge in [0.05, 0.1) is 11.8 Å². The van der Waals surface area contributed by atoms with Crippen molar-refractivity contribution in [2.45, 2.75) is 38.8 Å². The van der Waals surface area contributed by atoms with Crippen LogP contribution in [0.3, 0.4) is 0 Å². The number of aryl methyl sites for hydroxylation is 1. The normalized spacial score (nSPS) is 19.0. The Morgan fingerprint density at radius 3 is 2.79 bits per heavy atom. The van der Waals surface area contributed by atoms with Crippen molar-refractivity contribution >= 4 is 11.6 Å². The van der Waals surface area contributed by atoms with E-state index in [1.54, 1.807) is 6.20 Å². The van der Waals surface area contributed by atoms with Crippen molar-refractivity contribution in [1.29, 1.82) is 0 Å². The van der Waals surface area contributed by atoms with Crippen LogP contribution in [0, 0.1) is 6.92 Å². The van der Waals surface area contributed by atoms with E-state index in [2.05, 4.69) is 36.5 Å². The van der Waals surface area contributed by atoms with Crippen LogP contribution in [0.4, 0.5) is 0 Å². The van der Waals surface area contributed by atoms with Crippen molar-refractivity contribution in [2.75, 3.05) is 20.2 Å². The predicted octanol–water partition coefficient (Wildman–Crippen LogP) is 3.20. The van der Waals surface area contributed by atoms with Gasteiger partial charge in [0.15, 0.2) is 0 Å². The molecule has 4 rings (SSSR count). The Labute approximate surface area is 172 Å². The molecule has 2 aromatic rings. The third-order valence-electron chi connectivity index (χ3n) is 5.87. The summed E-state index contributed by atoms with van der Waals surface area (Å²) in [6.07, 6.45) is 4.92. The number of nitrogens with zero attached hydrogens (tertiary/aromatic N) is 1. The zero-order chi connectivity index (χ0) is 20.4. The minimum Gasteiger partial charge on any atom is -0.397 e. The Bertz CT molecular complexity index is 928. The van der Waals surface area contributed by atoms with Crippen molar-refractivity contribution in [3.8, 4) is 0 Å². The van der Waals surface area contributed by atoms with E-state index in [4.69, 9.17) is 10.5 Å². The van der Waals surface area contributed by atoms with Crippen molar-refractivity contribution < 1.29 is 9.53 Å². The number of nitrogens with two attached hydrogens (primary N) is 1. The molecular formula is C24H29N3O2. The third kappa shape index (κ3) is 4.15. The zero-order valence-electron chi connectivity index (χ0n) is 17.2. The Balaban J connectivity index is 1.50. The fourth-order valence-electron chi connectivity index (χ4n) is 4.24. The van der Waals surface area contributed by atoms with Gasteiger partial charge in [-0.1, -0.05) is 30.3 Å². The molecule has 2 aliphatic heterocycles. The molecule has 0 radical (unpaired) electrons. The molecule has 0 bridgehead atoms. The van der Waals surface area contributed by atoms with Crippen LogP contribution in [0.1, 0.15) is 51.0 Å². The molecule has 1 atom stereocenters. The summed E-state index contributed by atoms with van der Waals surface area (Å²) in [5.74, 6) is 0.136. The lowest BCUT2D eigenvalue weighted by atomic mass is 9.95. The number of fused-ring (bicyclic) bond motifs is 1. The number of carbonyl (C=O) groups is 1. The van der Waals surface area contributed by atoms with Gasteiger partial charge >= 0.3 is 0 Å². The van der Waals surface area contributed by atoms with Gasteiger partial charge < -0.3 is 20.7 Å². The Morgan fingerprint density at radius 2 is 2.10 bits per heavy atom. The smallest absolute Gasteiger partial charge is 0.254 e. The monoisotopic (exact) mass is 391 g/mol. The van der Waals surface area contributed by atoms with Gasteiger partial charge in [-0.25, -0.2) is 0 Å². The lowest BCUT2D eigenvalue weighted by molar-refractivity contribution is 0.0545. The lowest BCUT2D eigenvalue weighted by Crippen LogP contribution is -2.32. The van der Waals surface area contributed by atoms with Crippen molar-refractivity contribution in [2.24, 2.45) is 5.73 Å². The molecule has 1 unspecified atom stereocenters. The minimum atomic E-state index is 0.136. The van der Waals surface area contributed by atoms with Gasteiger partial charge in [-0.15, -0.1) is 0 Å². The number of ether oxygens (including phenoxy) is 1. The van der Waals surface area contributed by atoms with Gasteiger partial charge in [0.1, 0.15) is 0 Å². The summed E-state index contributed by atoms with van der Waals surface area (Å²) in [5.41, 5.74) is 13.3. The van der Waals surface area contributed by atoms with E-state index in [-0.39, 0.29) is 12.0 Å². The van der Waals surface area contributed by atoms with E-state index in [0.717, 1.165) is 42.6 Å². The summed E-state index contributed by atoms with van der Waals surface area (Å²) in [4.78, 5) is 14.9. The first-order valence-corrected chi connectivity index (χ1v) is 10.3. The molecule has 2 aromatic carbocycles. The molecule has 2 heterocycles. The molecule has 5 nitrogen and oxygen atoms in total. The maximum Gasteiger partial charge on any atom is 0.254 e. The van der Waals surface area contributed by atoms with E-state index in [1.807, 2.05) is 24.1 Å². The van der Waals surface area contributed by atoms with Gasteiger partial charge in [0.2, 0.25) is 0 Å². The summed E-state index contributed by atoms with van der Waals surface area (Å²) in [5, 5.41) is 2.95. The van der Waals surface area contributed by atoms with Crippen LogP contribution in [-0.4, -0.2) is 37.1 Å². The summed E-state index contributed by atoms with van der Waals surface area (Å²) < 4.78 is 5.72. The Hall–Kier alpha value is -2.79. The highest BCUT2D eigenvalue weighted by atomic mass is 16.5. The Kier molecular flexibility index (Phi) is 5.58. The van der Waals surface area contributed by atoms with E-state index in [1.165, 1.54) is 16.7 Å². The highest BCUT2D eigenvalue weighted by Crippen LogP contribution is 2.29. The third-order valence-corrected chi connectivity index (χ3v) is 5.87. The molecule has 3 N–H and O–H groups in total. The van der Waals surface area contributed by atoms with Gasteiger partial charge in [0.25, 0.3) is 5.91 Å². The van der Waals surface area contributed by atoms with Crippen LogP contribution in [0.2, 0.25) is 0 Å². The Morgan fingerprint density at radius 1 is 1.31 bits per heavy atom. The van der Waals surface area contributed by atoms with E-state index < -0.39 is 0 Å². The summed E-state index contributed by atoms with van der Waals surface area (Å²) in [7, 11) is 1.83. The van der Waals surface area contributed by atoms with Crippen LogP contribution in [0.15, 0.2) is 42.6 Å². The van der Waals surface area contributed by atoms with Crippen molar-refractivity contribution in [3.63, 3.8) is 0 Å². The zero-order valence-corrected chi connectivity index (χ0v) is 17.2. The topological polar surface area (TPSA) is 67.6 Å². The second-order valence-electron chi connectivity index (χ2n) is 8.02. The van der Waals surface area contributed by atoms with E-state index in [0.29, 0.717) is 18.8 Å². The van der Waals surface area contributed by atoms with Gasteiger partial charge in [-0.2, -0.15) is 0 Å². The molecule has 5 heteroatoms. The van der Waals surface area contributed by atoms with E-state index in [9.17, 15) is 4.79 Å². The summed E-state index contributed by atoms with van der Waals surface area (Å²) >= 11 is 0. The molecule has 0 saturated carbocycles. The second-order valence-corrected chi connectivity index (χ2v) is 8.02. The molecule has 0 aromatic heterocycles. The first-order valence-electron chi connectivity index (χ1n) is 10.3.